The van der Waals surface area contributed by atoms with Crippen molar-refractivity contribution in [2.45, 2.75) is 33.7 Å². The number of aliphatic carboxylic acids is 1. The van der Waals surface area contributed by atoms with Crippen molar-refractivity contribution in [3.8, 4) is 0 Å². The average Bonchev–Trinajstić information content (AvgIpc) is 2.32. The molecule has 0 aliphatic heterocycles. The molecule has 116 valence electrons. The maximum Gasteiger partial charge on any atom is 0.323 e. The lowest BCUT2D eigenvalue weighted by molar-refractivity contribution is -0.144. The standard InChI is InChI=1S/C13H25N3O4/c1-8(2)6-16(7-11(18)19)10(17)5-15-13(20)12(14)9(3)4/h8-9,12H,5-7,14H2,1-4H3,(H,15,20)(H,18,19)/t12-/m0/s1. The number of nitrogens with one attached hydrogen (secondary N) is 1. The van der Waals surface area contributed by atoms with E-state index in [0.29, 0.717) is 6.54 Å². The third-order valence-corrected chi connectivity index (χ3v) is 2.70. The molecule has 0 aromatic rings. The van der Waals surface area contributed by atoms with Crippen LogP contribution >= 0.6 is 0 Å². The molecule has 0 rings (SSSR count). The van der Waals surface area contributed by atoms with Crippen LogP contribution in [0.4, 0.5) is 0 Å². The molecule has 2 amide bonds. The largest absolute Gasteiger partial charge is 0.480 e. The summed E-state index contributed by atoms with van der Waals surface area (Å²) in [6.07, 6.45) is 0. The third kappa shape index (κ3) is 7.08. The van der Waals surface area contributed by atoms with E-state index in [9.17, 15) is 14.4 Å². The number of carbonyl (C=O) groups excluding carboxylic acids is 2. The summed E-state index contributed by atoms with van der Waals surface area (Å²) in [4.78, 5) is 35.5. The second-order valence-electron chi connectivity index (χ2n) is 5.55. The zero-order valence-corrected chi connectivity index (χ0v) is 12.5. The lowest BCUT2D eigenvalue weighted by Crippen LogP contribution is -2.49. The molecule has 0 radical (unpaired) electrons. The molecule has 0 spiro atoms. The molecule has 0 saturated heterocycles. The van der Waals surface area contributed by atoms with Gasteiger partial charge >= 0.3 is 5.97 Å². The number of nitrogens with zero attached hydrogens (tertiary/aromatic N) is 1. The molecular weight excluding hydrogens is 262 g/mol. The molecule has 4 N–H and O–H groups in total. The summed E-state index contributed by atoms with van der Waals surface area (Å²) in [6.45, 7) is 7.10. The number of amides is 2. The van der Waals surface area contributed by atoms with Crippen LogP contribution in [0.3, 0.4) is 0 Å². The Morgan fingerprint density at radius 3 is 2.15 bits per heavy atom. The fourth-order valence-electron chi connectivity index (χ4n) is 1.55. The van der Waals surface area contributed by atoms with Crippen LogP contribution in [-0.2, 0) is 14.4 Å². The highest BCUT2D eigenvalue weighted by Gasteiger charge is 2.21. The Labute approximate surface area is 119 Å². The minimum absolute atomic E-state index is 0.0316. The highest BCUT2D eigenvalue weighted by atomic mass is 16.4. The number of carboxylic acids is 1. The fraction of sp³-hybridized carbons (Fsp3) is 0.769. The van der Waals surface area contributed by atoms with Crippen LogP contribution < -0.4 is 11.1 Å². The van der Waals surface area contributed by atoms with E-state index in [4.69, 9.17) is 10.8 Å². The van der Waals surface area contributed by atoms with E-state index in [-0.39, 0.29) is 24.9 Å². The van der Waals surface area contributed by atoms with Gasteiger partial charge in [0.15, 0.2) is 0 Å². The quantitative estimate of drug-likeness (QED) is 0.565. The van der Waals surface area contributed by atoms with Crippen molar-refractivity contribution in [3.63, 3.8) is 0 Å². The third-order valence-electron chi connectivity index (χ3n) is 2.70. The van der Waals surface area contributed by atoms with Gasteiger partial charge in [0.05, 0.1) is 12.6 Å². The first-order chi connectivity index (χ1) is 9.15. The molecule has 1 atom stereocenters. The first kappa shape index (κ1) is 18.4. The van der Waals surface area contributed by atoms with Gasteiger partial charge in [0.1, 0.15) is 6.54 Å². The molecule has 0 aromatic heterocycles. The van der Waals surface area contributed by atoms with Crippen molar-refractivity contribution in [1.29, 1.82) is 0 Å². The Morgan fingerprint density at radius 2 is 1.75 bits per heavy atom. The zero-order valence-electron chi connectivity index (χ0n) is 12.5. The van der Waals surface area contributed by atoms with E-state index < -0.39 is 23.8 Å². The van der Waals surface area contributed by atoms with Crippen LogP contribution in [0, 0.1) is 11.8 Å². The summed E-state index contributed by atoms with van der Waals surface area (Å²) >= 11 is 0. The van der Waals surface area contributed by atoms with Gasteiger partial charge in [-0.1, -0.05) is 27.7 Å². The summed E-state index contributed by atoms with van der Waals surface area (Å²) in [5.41, 5.74) is 5.65. The predicted octanol–water partition coefficient (Wildman–Crippen LogP) is -0.345. The molecular formula is C13H25N3O4. The number of hydrogen-bond donors (Lipinski definition) is 3. The zero-order chi connectivity index (χ0) is 15.9. The minimum atomic E-state index is -1.08. The molecule has 0 aliphatic carbocycles. The van der Waals surface area contributed by atoms with Gasteiger partial charge in [-0.05, 0) is 11.8 Å². The van der Waals surface area contributed by atoms with Crippen LogP contribution in [0.15, 0.2) is 0 Å². The molecule has 0 aliphatic rings. The molecule has 0 fully saturated rings. The highest BCUT2D eigenvalue weighted by Crippen LogP contribution is 2.00. The van der Waals surface area contributed by atoms with E-state index in [1.54, 1.807) is 0 Å². The average molecular weight is 287 g/mol. The van der Waals surface area contributed by atoms with Crippen LogP contribution in [0.2, 0.25) is 0 Å². The van der Waals surface area contributed by atoms with Crippen molar-refractivity contribution in [3.05, 3.63) is 0 Å². The summed E-state index contributed by atoms with van der Waals surface area (Å²) < 4.78 is 0. The van der Waals surface area contributed by atoms with Crippen molar-refractivity contribution in [2.75, 3.05) is 19.6 Å². The number of hydrogen-bond acceptors (Lipinski definition) is 4. The maximum absolute atomic E-state index is 11.9. The van der Waals surface area contributed by atoms with E-state index >= 15 is 0 Å². The van der Waals surface area contributed by atoms with Gasteiger partial charge in [0.2, 0.25) is 11.8 Å². The van der Waals surface area contributed by atoms with Gasteiger partial charge in [0, 0.05) is 6.54 Å². The molecule has 0 heterocycles. The fourth-order valence-corrected chi connectivity index (χ4v) is 1.55. The summed E-state index contributed by atoms with van der Waals surface area (Å²) in [6, 6.07) is -0.680. The Morgan fingerprint density at radius 1 is 1.20 bits per heavy atom. The van der Waals surface area contributed by atoms with Gasteiger partial charge in [-0.3, -0.25) is 14.4 Å². The second-order valence-corrected chi connectivity index (χ2v) is 5.55. The number of rotatable bonds is 8. The molecule has 7 nitrogen and oxygen atoms in total. The van der Waals surface area contributed by atoms with Crippen molar-refractivity contribution in [2.24, 2.45) is 17.6 Å². The van der Waals surface area contributed by atoms with Crippen molar-refractivity contribution >= 4 is 17.8 Å². The van der Waals surface area contributed by atoms with Crippen molar-refractivity contribution in [1.82, 2.24) is 10.2 Å². The molecule has 0 unspecified atom stereocenters. The molecule has 0 saturated carbocycles. The highest BCUT2D eigenvalue weighted by molar-refractivity contribution is 5.88. The lowest BCUT2D eigenvalue weighted by Gasteiger charge is -2.23. The van der Waals surface area contributed by atoms with E-state index in [1.807, 2.05) is 27.7 Å². The summed E-state index contributed by atoms with van der Waals surface area (Å²) in [5.74, 6) is -1.80. The van der Waals surface area contributed by atoms with Crippen LogP contribution in [0.1, 0.15) is 27.7 Å². The van der Waals surface area contributed by atoms with Crippen LogP contribution in [-0.4, -0.2) is 53.5 Å². The monoisotopic (exact) mass is 287 g/mol. The first-order valence-electron chi connectivity index (χ1n) is 6.68. The summed E-state index contributed by atoms with van der Waals surface area (Å²) in [7, 11) is 0. The number of carbonyl (C=O) groups is 3. The second kappa shape index (κ2) is 8.52. The van der Waals surface area contributed by atoms with Gasteiger partial charge in [-0.2, -0.15) is 0 Å². The number of carboxylic acid groups (broad SMARTS) is 1. The molecule has 20 heavy (non-hydrogen) atoms. The minimum Gasteiger partial charge on any atom is -0.480 e. The van der Waals surface area contributed by atoms with Gasteiger partial charge in [0.25, 0.3) is 0 Å². The first-order valence-corrected chi connectivity index (χ1v) is 6.68. The maximum atomic E-state index is 11.9. The molecule has 0 bridgehead atoms. The van der Waals surface area contributed by atoms with E-state index in [0.717, 1.165) is 0 Å². The number of nitrogens with two attached hydrogens (primary N) is 1. The summed E-state index contributed by atoms with van der Waals surface area (Å²) in [5, 5.41) is 11.2. The van der Waals surface area contributed by atoms with Gasteiger partial charge in [-0.15, -0.1) is 0 Å². The molecule has 0 aromatic carbocycles. The van der Waals surface area contributed by atoms with Gasteiger partial charge < -0.3 is 21.1 Å². The van der Waals surface area contributed by atoms with E-state index in [2.05, 4.69) is 5.32 Å². The van der Waals surface area contributed by atoms with E-state index in [1.165, 1.54) is 4.90 Å². The van der Waals surface area contributed by atoms with Crippen molar-refractivity contribution < 1.29 is 19.5 Å². The Hall–Kier alpha value is -1.63. The van der Waals surface area contributed by atoms with Gasteiger partial charge in [-0.25, -0.2) is 0 Å². The Kier molecular flexibility index (Phi) is 7.83. The van der Waals surface area contributed by atoms with Crippen LogP contribution in [0.5, 0.6) is 0 Å². The van der Waals surface area contributed by atoms with Crippen LogP contribution in [0.25, 0.3) is 0 Å². The smallest absolute Gasteiger partial charge is 0.323 e. The molecule has 7 heteroatoms. The predicted molar refractivity (Wildman–Crippen MR) is 74.9 cm³/mol. The SMILES string of the molecule is CC(C)CN(CC(=O)O)C(=O)CNC(=O)[C@@H](N)C(C)C. The lowest BCUT2D eigenvalue weighted by atomic mass is 10.1. The Bertz CT molecular complexity index is 356. The Balaban J connectivity index is 4.46. The topological polar surface area (TPSA) is 113 Å². The normalized spacial score (nSPS) is 12.3.